The van der Waals surface area contributed by atoms with Crippen molar-refractivity contribution in [2.45, 2.75) is 26.1 Å². The van der Waals surface area contributed by atoms with E-state index in [4.69, 9.17) is 5.11 Å². The van der Waals surface area contributed by atoms with Gasteiger partial charge in [0, 0.05) is 0 Å². The SMILES string of the molecule is Cc1cccc(C(O)C(O)CO)c1C. The molecule has 0 radical (unpaired) electrons. The molecule has 0 amide bonds. The fraction of sp³-hybridized carbons (Fsp3) is 0.455. The first-order valence-corrected chi connectivity index (χ1v) is 4.61. The molecule has 0 bridgehead atoms. The van der Waals surface area contributed by atoms with Crippen LogP contribution >= 0.6 is 0 Å². The van der Waals surface area contributed by atoms with Crippen LogP contribution in [0.25, 0.3) is 0 Å². The summed E-state index contributed by atoms with van der Waals surface area (Å²) in [6, 6.07) is 5.52. The molecule has 2 unspecified atom stereocenters. The van der Waals surface area contributed by atoms with Crippen molar-refractivity contribution in [3.63, 3.8) is 0 Å². The number of aryl methyl sites for hydroxylation is 1. The largest absolute Gasteiger partial charge is 0.394 e. The van der Waals surface area contributed by atoms with Crippen LogP contribution < -0.4 is 0 Å². The van der Waals surface area contributed by atoms with Gasteiger partial charge < -0.3 is 15.3 Å². The number of rotatable bonds is 3. The third kappa shape index (κ3) is 2.12. The highest BCUT2D eigenvalue weighted by molar-refractivity contribution is 5.35. The van der Waals surface area contributed by atoms with E-state index in [0.717, 1.165) is 11.1 Å². The van der Waals surface area contributed by atoms with Crippen LogP contribution in [0.2, 0.25) is 0 Å². The molecule has 0 fully saturated rings. The van der Waals surface area contributed by atoms with E-state index in [9.17, 15) is 10.2 Å². The minimum Gasteiger partial charge on any atom is -0.394 e. The lowest BCUT2D eigenvalue weighted by Gasteiger charge is -2.18. The molecule has 0 aliphatic rings. The first-order chi connectivity index (χ1) is 6.57. The van der Waals surface area contributed by atoms with Gasteiger partial charge in [0.15, 0.2) is 0 Å². The van der Waals surface area contributed by atoms with E-state index in [-0.39, 0.29) is 0 Å². The highest BCUT2D eigenvalue weighted by Gasteiger charge is 2.19. The molecule has 0 saturated carbocycles. The monoisotopic (exact) mass is 196 g/mol. The molecular formula is C11H16O3. The molecular weight excluding hydrogens is 180 g/mol. The predicted molar refractivity (Wildman–Crippen MR) is 54.0 cm³/mol. The van der Waals surface area contributed by atoms with Crippen LogP contribution in [0.4, 0.5) is 0 Å². The molecule has 0 spiro atoms. The first kappa shape index (κ1) is 11.2. The molecule has 0 heterocycles. The molecule has 1 aromatic carbocycles. The fourth-order valence-corrected chi connectivity index (χ4v) is 1.40. The number of aliphatic hydroxyl groups is 3. The average Bonchev–Trinajstić information content (AvgIpc) is 2.20. The van der Waals surface area contributed by atoms with Gasteiger partial charge in [-0.2, -0.15) is 0 Å². The minimum absolute atomic E-state index is 0.436. The Labute approximate surface area is 83.6 Å². The van der Waals surface area contributed by atoms with Crippen LogP contribution in [-0.4, -0.2) is 28.0 Å². The van der Waals surface area contributed by atoms with Crippen molar-refractivity contribution in [1.82, 2.24) is 0 Å². The van der Waals surface area contributed by atoms with E-state index >= 15 is 0 Å². The van der Waals surface area contributed by atoms with Crippen molar-refractivity contribution in [1.29, 1.82) is 0 Å². The summed E-state index contributed by atoms with van der Waals surface area (Å²) in [6.45, 7) is 3.39. The standard InChI is InChI=1S/C11H16O3/c1-7-4-3-5-9(8(7)2)11(14)10(13)6-12/h3-5,10-14H,6H2,1-2H3. The van der Waals surface area contributed by atoms with Gasteiger partial charge in [0.2, 0.25) is 0 Å². The number of benzene rings is 1. The minimum atomic E-state index is -1.12. The van der Waals surface area contributed by atoms with Crippen molar-refractivity contribution in [2.75, 3.05) is 6.61 Å². The van der Waals surface area contributed by atoms with Gasteiger partial charge in [0.05, 0.1) is 6.61 Å². The molecule has 0 aromatic heterocycles. The summed E-state index contributed by atoms with van der Waals surface area (Å²) < 4.78 is 0. The Morgan fingerprint density at radius 3 is 2.43 bits per heavy atom. The van der Waals surface area contributed by atoms with Crippen molar-refractivity contribution >= 4 is 0 Å². The summed E-state index contributed by atoms with van der Waals surface area (Å²) >= 11 is 0. The maximum atomic E-state index is 9.68. The predicted octanol–water partition coefficient (Wildman–Crippen LogP) is 0.690. The average molecular weight is 196 g/mol. The Morgan fingerprint density at radius 1 is 1.21 bits per heavy atom. The molecule has 3 nitrogen and oxygen atoms in total. The number of hydrogen-bond donors (Lipinski definition) is 3. The van der Waals surface area contributed by atoms with E-state index < -0.39 is 18.8 Å². The summed E-state index contributed by atoms with van der Waals surface area (Å²) in [5.41, 5.74) is 2.69. The van der Waals surface area contributed by atoms with Gasteiger partial charge in [0.25, 0.3) is 0 Å². The number of hydrogen-bond acceptors (Lipinski definition) is 3. The quantitative estimate of drug-likeness (QED) is 0.666. The zero-order valence-electron chi connectivity index (χ0n) is 8.44. The normalized spacial score (nSPS) is 15.2. The molecule has 0 saturated heterocycles. The van der Waals surface area contributed by atoms with Crippen LogP contribution in [0.15, 0.2) is 18.2 Å². The van der Waals surface area contributed by atoms with E-state index in [1.165, 1.54) is 0 Å². The Hall–Kier alpha value is -0.900. The third-order valence-electron chi connectivity index (χ3n) is 2.52. The fourth-order valence-electron chi connectivity index (χ4n) is 1.40. The highest BCUT2D eigenvalue weighted by atomic mass is 16.4. The van der Waals surface area contributed by atoms with Gasteiger partial charge in [-0.1, -0.05) is 18.2 Å². The smallest absolute Gasteiger partial charge is 0.107 e. The Bertz CT molecular complexity index is 309. The summed E-state index contributed by atoms with van der Waals surface area (Å²) in [5, 5.41) is 27.7. The summed E-state index contributed by atoms with van der Waals surface area (Å²) in [6.07, 6.45) is -2.13. The lowest BCUT2D eigenvalue weighted by atomic mass is 9.96. The van der Waals surface area contributed by atoms with Crippen LogP contribution in [0, 0.1) is 13.8 Å². The van der Waals surface area contributed by atoms with E-state index in [1.54, 1.807) is 6.07 Å². The van der Waals surface area contributed by atoms with E-state index in [0.29, 0.717) is 5.56 Å². The third-order valence-corrected chi connectivity index (χ3v) is 2.52. The van der Waals surface area contributed by atoms with Gasteiger partial charge in [-0.05, 0) is 30.5 Å². The molecule has 2 atom stereocenters. The second-order valence-electron chi connectivity index (χ2n) is 3.48. The van der Waals surface area contributed by atoms with Crippen molar-refractivity contribution in [3.8, 4) is 0 Å². The van der Waals surface area contributed by atoms with Gasteiger partial charge in [-0.25, -0.2) is 0 Å². The summed E-state index contributed by atoms with van der Waals surface area (Å²) in [7, 11) is 0. The zero-order valence-corrected chi connectivity index (χ0v) is 8.44. The molecule has 14 heavy (non-hydrogen) atoms. The van der Waals surface area contributed by atoms with Crippen LogP contribution in [0.3, 0.4) is 0 Å². The number of aliphatic hydroxyl groups excluding tert-OH is 3. The Kier molecular flexibility index (Phi) is 3.63. The zero-order chi connectivity index (χ0) is 10.7. The van der Waals surface area contributed by atoms with Crippen LogP contribution in [0.1, 0.15) is 22.8 Å². The molecule has 1 aromatic rings. The highest BCUT2D eigenvalue weighted by Crippen LogP contribution is 2.22. The van der Waals surface area contributed by atoms with Gasteiger partial charge in [0.1, 0.15) is 12.2 Å². The maximum absolute atomic E-state index is 9.68. The van der Waals surface area contributed by atoms with Crippen molar-refractivity contribution in [3.05, 3.63) is 34.9 Å². The lowest BCUT2D eigenvalue weighted by molar-refractivity contribution is -0.0155. The van der Waals surface area contributed by atoms with E-state index in [2.05, 4.69) is 0 Å². The van der Waals surface area contributed by atoms with Crippen molar-refractivity contribution in [2.24, 2.45) is 0 Å². The van der Waals surface area contributed by atoms with Crippen LogP contribution in [0.5, 0.6) is 0 Å². The molecule has 3 N–H and O–H groups in total. The second-order valence-corrected chi connectivity index (χ2v) is 3.48. The molecule has 1 rings (SSSR count). The molecule has 78 valence electrons. The molecule has 0 aliphatic carbocycles. The molecule has 3 heteroatoms. The Balaban J connectivity index is 3.01. The Morgan fingerprint density at radius 2 is 1.86 bits per heavy atom. The van der Waals surface area contributed by atoms with Gasteiger partial charge in [-0.15, -0.1) is 0 Å². The van der Waals surface area contributed by atoms with Crippen LogP contribution in [-0.2, 0) is 0 Å². The van der Waals surface area contributed by atoms with Gasteiger partial charge in [-0.3, -0.25) is 0 Å². The van der Waals surface area contributed by atoms with Crippen molar-refractivity contribution < 1.29 is 15.3 Å². The second kappa shape index (κ2) is 4.55. The van der Waals surface area contributed by atoms with Gasteiger partial charge >= 0.3 is 0 Å². The first-order valence-electron chi connectivity index (χ1n) is 4.61. The topological polar surface area (TPSA) is 60.7 Å². The maximum Gasteiger partial charge on any atom is 0.107 e. The lowest BCUT2D eigenvalue weighted by Crippen LogP contribution is -2.22. The summed E-state index contributed by atoms with van der Waals surface area (Å²) in [4.78, 5) is 0. The van der Waals surface area contributed by atoms with E-state index in [1.807, 2.05) is 26.0 Å². The summed E-state index contributed by atoms with van der Waals surface area (Å²) in [5.74, 6) is 0. The molecule has 0 aliphatic heterocycles.